The van der Waals surface area contributed by atoms with Gasteiger partial charge in [-0.1, -0.05) is 143 Å². The van der Waals surface area contributed by atoms with E-state index in [0.717, 1.165) is 49.8 Å². The molecule has 10 aromatic rings. The summed E-state index contributed by atoms with van der Waals surface area (Å²) >= 11 is 0. The van der Waals surface area contributed by atoms with Crippen LogP contribution in [-0.2, 0) is 5.41 Å². The van der Waals surface area contributed by atoms with Crippen molar-refractivity contribution in [3.8, 4) is 51.0 Å². The Bertz CT molecular complexity index is 3100. The Morgan fingerprint density at radius 3 is 1.95 bits per heavy atom. The zero-order valence-electron chi connectivity index (χ0n) is 31.2. The molecule has 0 unspecified atom stereocenters. The molecule has 0 radical (unpaired) electrons. The van der Waals surface area contributed by atoms with E-state index in [0.29, 0.717) is 17.5 Å². The van der Waals surface area contributed by atoms with Gasteiger partial charge in [-0.25, -0.2) is 15.0 Å². The fourth-order valence-electron chi connectivity index (χ4n) is 8.53. The van der Waals surface area contributed by atoms with Crippen LogP contribution in [0.1, 0.15) is 38.8 Å². The number of para-hydroxylation sites is 2. The summed E-state index contributed by atoms with van der Waals surface area (Å²) in [4.78, 5) is 15.4. The molecule has 0 fully saturated rings. The second kappa shape index (κ2) is 12.6. The highest BCUT2D eigenvalue weighted by atomic mass is 16.3. The second-order valence-electron chi connectivity index (χ2n) is 14.4. The van der Waals surface area contributed by atoms with Gasteiger partial charge in [0.25, 0.3) is 0 Å². The summed E-state index contributed by atoms with van der Waals surface area (Å²) < 4.78 is 8.65. The Labute approximate surface area is 319 Å². The highest BCUT2D eigenvalue weighted by Gasteiger charge is 2.36. The van der Waals surface area contributed by atoms with Gasteiger partial charge in [-0.2, -0.15) is 0 Å². The number of nitrogens with zero attached hydrogens (tertiary/aromatic N) is 4. The van der Waals surface area contributed by atoms with Gasteiger partial charge >= 0.3 is 0 Å². The second-order valence-corrected chi connectivity index (χ2v) is 14.4. The van der Waals surface area contributed by atoms with E-state index in [-0.39, 0.29) is 5.41 Å². The van der Waals surface area contributed by atoms with Crippen LogP contribution in [0.25, 0.3) is 94.7 Å². The van der Waals surface area contributed by atoms with Gasteiger partial charge in [-0.3, -0.25) is 0 Å². The van der Waals surface area contributed by atoms with Crippen molar-refractivity contribution < 1.29 is 4.42 Å². The lowest BCUT2D eigenvalue weighted by atomic mass is 9.82. The summed E-state index contributed by atoms with van der Waals surface area (Å²) in [5.74, 6) is 1.83. The summed E-state index contributed by atoms with van der Waals surface area (Å²) in [5.41, 5.74) is 13.0. The average molecular weight is 711 g/mol. The van der Waals surface area contributed by atoms with E-state index in [1.807, 2.05) is 74.5 Å². The molecule has 55 heavy (non-hydrogen) atoms. The summed E-state index contributed by atoms with van der Waals surface area (Å²) in [6.07, 6.45) is 0. The third-order valence-corrected chi connectivity index (χ3v) is 11.0. The van der Waals surface area contributed by atoms with Crippen LogP contribution < -0.4 is 0 Å². The molecule has 0 aliphatic heterocycles. The third kappa shape index (κ3) is 5.04. The fraction of sp³-hybridized carbons (Fsp3) is 0.100. The van der Waals surface area contributed by atoms with E-state index < -0.39 is 0 Å². The van der Waals surface area contributed by atoms with Crippen molar-refractivity contribution in [2.24, 2.45) is 0 Å². The van der Waals surface area contributed by atoms with Gasteiger partial charge in [0.15, 0.2) is 17.5 Å². The molecule has 0 atom stereocenters. The topological polar surface area (TPSA) is 56.7 Å². The van der Waals surface area contributed by atoms with Crippen molar-refractivity contribution in [2.45, 2.75) is 33.1 Å². The average Bonchev–Trinajstić information content (AvgIpc) is 3.86. The van der Waals surface area contributed by atoms with Gasteiger partial charge in [0.1, 0.15) is 11.2 Å². The van der Waals surface area contributed by atoms with Crippen molar-refractivity contribution in [1.29, 1.82) is 0 Å². The molecule has 3 heterocycles. The molecule has 0 saturated heterocycles. The Balaban J connectivity index is 0.00000183. The number of benzene rings is 7. The van der Waals surface area contributed by atoms with E-state index in [1.165, 1.54) is 38.5 Å². The summed E-state index contributed by atoms with van der Waals surface area (Å²) in [5, 5.41) is 4.50. The predicted molar refractivity (Wildman–Crippen MR) is 227 cm³/mol. The Morgan fingerprint density at radius 1 is 0.455 bits per heavy atom. The molecule has 7 aromatic carbocycles. The summed E-state index contributed by atoms with van der Waals surface area (Å²) in [6, 6.07) is 55.3. The summed E-state index contributed by atoms with van der Waals surface area (Å²) in [7, 11) is 0. The molecule has 11 rings (SSSR count). The first kappa shape index (κ1) is 32.8. The number of rotatable bonds is 4. The van der Waals surface area contributed by atoms with E-state index in [4.69, 9.17) is 19.4 Å². The zero-order valence-corrected chi connectivity index (χ0v) is 31.2. The van der Waals surface area contributed by atoms with Gasteiger partial charge < -0.3 is 8.98 Å². The molecular formula is C50H38N4O. The standard InChI is InChI=1S/C48H32N4O.C2H6/c1-48(2)38-22-9-6-18-32(38)36-27-37-33-19-7-10-23-40(33)52(41(37)28-39(36)48)31-17-12-16-30(26-31)46-49-45(29-14-4-3-5-15-29)50-47(51-46)35-21-13-25-43-44(35)34-20-8-11-24-42(34)53-43;1-2/h3-28H,1-2H3;1-2H3. The first-order valence-electron chi connectivity index (χ1n) is 19.0. The van der Waals surface area contributed by atoms with Crippen LogP contribution >= 0.6 is 0 Å². The SMILES string of the molecule is CC.CC1(C)c2ccccc2-c2cc3c4ccccc4n(-c4cccc(-c5nc(-c6ccccc6)nc(-c6cccc7oc8ccccc8c67)n5)c4)c3cc21. The van der Waals surface area contributed by atoms with Gasteiger partial charge in [-0.15, -0.1) is 0 Å². The third-order valence-electron chi connectivity index (χ3n) is 11.0. The lowest BCUT2D eigenvalue weighted by molar-refractivity contribution is 0.661. The van der Waals surface area contributed by atoms with Crippen LogP contribution in [-0.4, -0.2) is 19.5 Å². The van der Waals surface area contributed by atoms with Crippen molar-refractivity contribution in [3.05, 3.63) is 169 Å². The molecule has 0 saturated carbocycles. The monoisotopic (exact) mass is 710 g/mol. The van der Waals surface area contributed by atoms with Crippen molar-refractivity contribution in [3.63, 3.8) is 0 Å². The van der Waals surface area contributed by atoms with Crippen LogP contribution in [0.2, 0.25) is 0 Å². The molecule has 1 aliphatic carbocycles. The Morgan fingerprint density at radius 2 is 1.09 bits per heavy atom. The van der Waals surface area contributed by atoms with Crippen LogP contribution in [0.15, 0.2) is 162 Å². The zero-order chi connectivity index (χ0) is 37.3. The molecule has 0 bridgehead atoms. The van der Waals surface area contributed by atoms with Crippen LogP contribution in [0, 0.1) is 0 Å². The first-order chi connectivity index (χ1) is 27.0. The fourth-order valence-corrected chi connectivity index (χ4v) is 8.53. The normalized spacial score (nSPS) is 12.9. The Kier molecular flexibility index (Phi) is 7.53. The van der Waals surface area contributed by atoms with E-state index >= 15 is 0 Å². The smallest absolute Gasteiger partial charge is 0.164 e. The minimum absolute atomic E-state index is 0.110. The predicted octanol–water partition coefficient (Wildman–Crippen LogP) is 13.2. The molecule has 0 spiro atoms. The maximum Gasteiger partial charge on any atom is 0.164 e. The molecule has 0 amide bonds. The molecule has 3 aromatic heterocycles. The first-order valence-corrected chi connectivity index (χ1v) is 19.0. The maximum atomic E-state index is 6.26. The molecule has 1 aliphatic rings. The maximum absolute atomic E-state index is 6.26. The lowest BCUT2D eigenvalue weighted by Gasteiger charge is -2.21. The lowest BCUT2D eigenvalue weighted by Crippen LogP contribution is -2.14. The number of fused-ring (bicyclic) bond motifs is 9. The quantitative estimate of drug-likeness (QED) is 0.182. The molecule has 5 heteroatoms. The number of aromatic nitrogens is 4. The van der Waals surface area contributed by atoms with E-state index in [1.54, 1.807) is 0 Å². The minimum atomic E-state index is -0.110. The van der Waals surface area contributed by atoms with Crippen molar-refractivity contribution in [2.75, 3.05) is 0 Å². The van der Waals surface area contributed by atoms with Crippen molar-refractivity contribution in [1.82, 2.24) is 19.5 Å². The number of hydrogen-bond acceptors (Lipinski definition) is 4. The van der Waals surface area contributed by atoms with Gasteiger partial charge in [0.2, 0.25) is 0 Å². The van der Waals surface area contributed by atoms with Crippen LogP contribution in [0.5, 0.6) is 0 Å². The molecule has 264 valence electrons. The van der Waals surface area contributed by atoms with Crippen LogP contribution in [0.3, 0.4) is 0 Å². The summed E-state index contributed by atoms with van der Waals surface area (Å²) in [6.45, 7) is 8.68. The van der Waals surface area contributed by atoms with Gasteiger partial charge in [0.05, 0.1) is 11.0 Å². The van der Waals surface area contributed by atoms with E-state index in [9.17, 15) is 0 Å². The molecule has 5 nitrogen and oxygen atoms in total. The van der Waals surface area contributed by atoms with E-state index in [2.05, 4.69) is 115 Å². The molecule has 0 N–H and O–H groups in total. The van der Waals surface area contributed by atoms with Crippen LogP contribution in [0.4, 0.5) is 0 Å². The van der Waals surface area contributed by atoms with Gasteiger partial charge in [0, 0.05) is 49.3 Å². The highest BCUT2D eigenvalue weighted by Crippen LogP contribution is 2.51. The molecular weight excluding hydrogens is 673 g/mol. The van der Waals surface area contributed by atoms with Gasteiger partial charge in [-0.05, 0) is 64.7 Å². The Hall–Kier alpha value is -6.85. The largest absolute Gasteiger partial charge is 0.456 e. The number of furan rings is 1. The van der Waals surface area contributed by atoms with Crippen molar-refractivity contribution >= 4 is 43.7 Å². The minimum Gasteiger partial charge on any atom is -0.456 e. The number of hydrogen-bond donors (Lipinski definition) is 0. The highest BCUT2D eigenvalue weighted by molar-refractivity contribution is 6.13.